The fourth-order valence-electron chi connectivity index (χ4n) is 2.27. The molecule has 2 atom stereocenters. The number of ether oxygens (including phenoxy) is 1. The Morgan fingerprint density at radius 2 is 2.07 bits per heavy atom. The summed E-state index contributed by atoms with van der Waals surface area (Å²) < 4.78 is 5.47. The highest BCUT2D eigenvalue weighted by atomic mass is 16.5. The molecular formula is C12H26N2O. The SMILES string of the molecule is CCNC(CN(CC)CC)C1CCOC1. The third-order valence-electron chi connectivity index (χ3n) is 3.35. The molecule has 1 aliphatic heterocycles. The van der Waals surface area contributed by atoms with Crippen molar-refractivity contribution in [3.05, 3.63) is 0 Å². The number of nitrogens with zero attached hydrogens (tertiary/aromatic N) is 1. The highest BCUT2D eigenvalue weighted by Gasteiger charge is 2.25. The quantitative estimate of drug-likeness (QED) is 0.692. The zero-order valence-electron chi connectivity index (χ0n) is 10.5. The van der Waals surface area contributed by atoms with Gasteiger partial charge in [-0.2, -0.15) is 0 Å². The molecule has 1 heterocycles. The van der Waals surface area contributed by atoms with Crippen LogP contribution >= 0.6 is 0 Å². The molecule has 0 aliphatic carbocycles. The van der Waals surface area contributed by atoms with Gasteiger partial charge in [0.15, 0.2) is 0 Å². The smallest absolute Gasteiger partial charge is 0.0510 e. The Morgan fingerprint density at radius 1 is 1.33 bits per heavy atom. The normalized spacial score (nSPS) is 23.6. The molecule has 0 bridgehead atoms. The van der Waals surface area contributed by atoms with E-state index in [-0.39, 0.29) is 0 Å². The molecule has 1 aliphatic rings. The minimum Gasteiger partial charge on any atom is -0.381 e. The molecule has 1 rings (SSSR count). The molecule has 15 heavy (non-hydrogen) atoms. The number of hydrogen-bond donors (Lipinski definition) is 1. The van der Waals surface area contributed by atoms with E-state index in [2.05, 4.69) is 31.0 Å². The van der Waals surface area contributed by atoms with Crippen LogP contribution in [-0.4, -0.2) is 50.3 Å². The number of likely N-dealkylation sites (N-methyl/N-ethyl adjacent to an activating group) is 2. The molecule has 0 spiro atoms. The van der Waals surface area contributed by atoms with Gasteiger partial charge < -0.3 is 15.0 Å². The van der Waals surface area contributed by atoms with Crippen molar-refractivity contribution in [2.45, 2.75) is 33.2 Å². The van der Waals surface area contributed by atoms with Crippen LogP contribution in [0.15, 0.2) is 0 Å². The molecule has 0 aromatic rings. The predicted octanol–water partition coefficient (Wildman–Crippen LogP) is 1.34. The lowest BCUT2D eigenvalue weighted by Gasteiger charge is -2.29. The minimum absolute atomic E-state index is 0.609. The first-order valence-corrected chi connectivity index (χ1v) is 6.35. The van der Waals surface area contributed by atoms with Gasteiger partial charge in [0.1, 0.15) is 0 Å². The maximum Gasteiger partial charge on any atom is 0.0510 e. The fourth-order valence-corrected chi connectivity index (χ4v) is 2.27. The third-order valence-corrected chi connectivity index (χ3v) is 3.35. The molecule has 0 aromatic carbocycles. The van der Waals surface area contributed by atoms with Crippen LogP contribution in [0.3, 0.4) is 0 Å². The second kappa shape index (κ2) is 7.20. The van der Waals surface area contributed by atoms with E-state index in [0.717, 1.165) is 39.4 Å². The van der Waals surface area contributed by atoms with Crippen molar-refractivity contribution in [3.8, 4) is 0 Å². The Kier molecular flexibility index (Phi) is 6.22. The van der Waals surface area contributed by atoms with E-state index in [4.69, 9.17) is 4.74 Å². The summed E-state index contributed by atoms with van der Waals surface area (Å²) in [5.74, 6) is 0.713. The Hall–Kier alpha value is -0.120. The van der Waals surface area contributed by atoms with E-state index >= 15 is 0 Å². The van der Waals surface area contributed by atoms with Gasteiger partial charge in [-0.25, -0.2) is 0 Å². The Bertz CT molecular complexity index is 154. The lowest BCUT2D eigenvalue weighted by Crippen LogP contribution is -2.45. The van der Waals surface area contributed by atoms with Crippen LogP contribution in [0.2, 0.25) is 0 Å². The highest BCUT2D eigenvalue weighted by Crippen LogP contribution is 2.17. The average molecular weight is 214 g/mol. The third kappa shape index (κ3) is 4.09. The maximum atomic E-state index is 5.47. The summed E-state index contributed by atoms with van der Waals surface area (Å²) >= 11 is 0. The van der Waals surface area contributed by atoms with E-state index in [1.54, 1.807) is 0 Å². The number of nitrogens with one attached hydrogen (secondary N) is 1. The Morgan fingerprint density at radius 3 is 2.53 bits per heavy atom. The summed E-state index contributed by atoms with van der Waals surface area (Å²) in [6.07, 6.45) is 1.22. The van der Waals surface area contributed by atoms with Crippen molar-refractivity contribution in [1.82, 2.24) is 10.2 Å². The maximum absolute atomic E-state index is 5.47. The molecule has 1 N–H and O–H groups in total. The van der Waals surface area contributed by atoms with Gasteiger partial charge in [0.05, 0.1) is 6.61 Å². The van der Waals surface area contributed by atoms with Gasteiger partial charge in [-0.3, -0.25) is 0 Å². The molecule has 3 heteroatoms. The van der Waals surface area contributed by atoms with Gasteiger partial charge in [-0.1, -0.05) is 20.8 Å². The minimum atomic E-state index is 0.609. The molecule has 0 aromatic heterocycles. The van der Waals surface area contributed by atoms with E-state index in [1.165, 1.54) is 6.42 Å². The van der Waals surface area contributed by atoms with Gasteiger partial charge in [0.25, 0.3) is 0 Å². The second-order valence-electron chi connectivity index (χ2n) is 4.27. The van der Waals surface area contributed by atoms with Gasteiger partial charge in [0.2, 0.25) is 0 Å². The molecule has 0 amide bonds. The summed E-state index contributed by atoms with van der Waals surface area (Å²) in [5, 5.41) is 3.60. The lowest BCUT2D eigenvalue weighted by molar-refractivity contribution is 0.164. The Labute approximate surface area is 94.2 Å². The van der Waals surface area contributed by atoms with Gasteiger partial charge in [-0.05, 0) is 26.1 Å². The molecule has 0 radical (unpaired) electrons. The zero-order valence-corrected chi connectivity index (χ0v) is 10.5. The summed E-state index contributed by atoms with van der Waals surface area (Å²) in [6.45, 7) is 13.1. The molecule has 3 nitrogen and oxygen atoms in total. The largest absolute Gasteiger partial charge is 0.381 e. The molecule has 1 saturated heterocycles. The van der Waals surface area contributed by atoms with Crippen molar-refractivity contribution < 1.29 is 4.74 Å². The standard InChI is InChI=1S/C12H26N2O/c1-4-13-12(9-14(5-2)6-3)11-7-8-15-10-11/h11-13H,4-10H2,1-3H3. The summed E-state index contributed by atoms with van der Waals surface area (Å²) in [6, 6.07) is 0.609. The van der Waals surface area contributed by atoms with Gasteiger partial charge >= 0.3 is 0 Å². The van der Waals surface area contributed by atoms with Crippen LogP contribution in [0, 0.1) is 5.92 Å². The van der Waals surface area contributed by atoms with E-state index in [9.17, 15) is 0 Å². The van der Waals surface area contributed by atoms with Gasteiger partial charge in [-0.15, -0.1) is 0 Å². The van der Waals surface area contributed by atoms with E-state index in [0.29, 0.717) is 12.0 Å². The second-order valence-corrected chi connectivity index (χ2v) is 4.27. The first-order valence-electron chi connectivity index (χ1n) is 6.35. The topological polar surface area (TPSA) is 24.5 Å². The molecule has 90 valence electrons. The van der Waals surface area contributed by atoms with Crippen LogP contribution in [0.25, 0.3) is 0 Å². The monoisotopic (exact) mass is 214 g/mol. The molecule has 0 saturated carbocycles. The van der Waals surface area contributed by atoms with E-state index < -0.39 is 0 Å². The summed E-state index contributed by atoms with van der Waals surface area (Å²) in [5.41, 5.74) is 0. The summed E-state index contributed by atoms with van der Waals surface area (Å²) in [7, 11) is 0. The van der Waals surface area contributed by atoms with Crippen molar-refractivity contribution in [2.75, 3.05) is 39.4 Å². The highest BCUT2D eigenvalue weighted by molar-refractivity contribution is 4.81. The lowest BCUT2D eigenvalue weighted by atomic mass is 9.98. The van der Waals surface area contributed by atoms with Crippen molar-refractivity contribution in [3.63, 3.8) is 0 Å². The summed E-state index contributed by atoms with van der Waals surface area (Å²) in [4.78, 5) is 2.49. The van der Waals surface area contributed by atoms with E-state index in [1.807, 2.05) is 0 Å². The van der Waals surface area contributed by atoms with Crippen LogP contribution in [0.1, 0.15) is 27.2 Å². The van der Waals surface area contributed by atoms with Crippen LogP contribution in [0.4, 0.5) is 0 Å². The average Bonchev–Trinajstić information content (AvgIpc) is 2.77. The first-order chi connectivity index (χ1) is 7.31. The first kappa shape index (κ1) is 12.9. The van der Waals surface area contributed by atoms with Gasteiger partial charge in [0, 0.05) is 25.1 Å². The van der Waals surface area contributed by atoms with Crippen LogP contribution in [-0.2, 0) is 4.74 Å². The predicted molar refractivity (Wildman–Crippen MR) is 64.2 cm³/mol. The zero-order chi connectivity index (χ0) is 11.1. The molecular weight excluding hydrogens is 188 g/mol. The van der Waals surface area contributed by atoms with Crippen molar-refractivity contribution in [1.29, 1.82) is 0 Å². The van der Waals surface area contributed by atoms with Crippen molar-refractivity contribution in [2.24, 2.45) is 5.92 Å². The van der Waals surface area contributed by atoms with Crippen molar-refractivity contribution >= 4 is 0 Å². The Balaban J connectivity index is 2.40. The number of hydrogen-bond acceptors (Lipinski definition) is 3. The molecule has 1 fully saturated rings. The van der Waals surface area contributed by atoms with Crippen LogP contribution in [0.5, 0.6) is 0 Å². The van der Waals surface area contributed by atoms with Crippen LogP contribution < -0.4 is 5.32 Å². The fraction of sp³-hybridized carbons (Fsp3) is 1.00. The molecule has 2 unspecified atom stereocenters. The number of rotatable bonds is 7.